The van der Waals surface area contributed by atoms with E-state index in [0.29, 0.717) is 4.90 Å². The molecule has 5 rings (SSSR count). The number of rotatable bonds is 3. The van der Waals surface area contributed by atoms with E-state index in [-0.39, 0.29) is 21.3 Å². The van der Waals surface area contributed by atoms with Gasteiger partial charge in [0.25, 0.3) is 11.8 Å². The van der Waals surface area contributed by atoms with Crippen LogP contribution in [0, 0.1) is 11.8 Å². The number of benzene rings is 2. The van der Waals surface area contributed by atoms with Crippen molar-refractivity contribution in [1.82, 2.24) is 4.90 Å². The van der Waals surface area contributed by atoms with Crippen molar-refractivity contribution in [1.29, 1.82) is 0 Å². The summed E-state index contributed by atoms with van der Waals surface area (Å²) in [6.45, 7) is -1.06. The molecule has 3 aliphatic heterocycles. The second-order valence-electron chi connectivity index (χ2n) is 9.54. The summed E-state index contributed by atoms with van der Waals surface area (Å²) in [4.78, 5) is 41.7. The summed E-state index contributed by atoms with van der Waals surface area (Å²) < 4.78 is 70.7. The molecule has 4 atom stereocenters. The first kappa shape index (κ1) is 26.6. The van der Waals surface area contributed by atoms with Crippen LogP contribution in [0.4, 0.5) is 33.3 Å². The summed E-state index contributed by atoms with van der Waals surface area (Å²) in [5.41, 5.74) is -4.21. The lowest BCUT2D eigenvalue weighted by atomic mass is 9.73. The zero-order chi connectivity index (χ0) is 27.9. The minimum atomic E-state index is -4.86. The molecule has 2 aromatic rings. The Morgan fingerprint density at radius 2 is 1.84 bits per heavy atom. The molecule has 38 heavy (non-hydrogen) atoms. The number of hydrogen-bond acceptors (Lipinski definition) is 4. The largest absolute Gasteiger partial charge is 0.481 e. The van der Waals surface area contributed by atoms with E-state index < -0.39 is 77.5 Å². The predicted molar refractivity (Wildman–Crippen MR) is 126 cm³/mol. The number of carbonyl (C=O) groups is 3. The van der Waals surface area contributed by atoms with Crippen LogP contribution >= 0.6 is 23.2 Å². The van der Waals surface area contributed by atoms with Gasteiger partial charge in [-0.3, -0.25) is 19.3 Å². The maximum absolute atomic E-state index is 14.8. The monoisotopic (exact) mass is 577 g/mol. The summed E-state index contributed by atoms with van der Waals surface area (Å²) in [5, 5.41) is 12.7. The van der Waals surface area contributed by atoms with Gasteiger partial charge in [-0.05, 0) is 24.3 Å². The molecule has 1 spiro atoms. The SMILES string of the molecule is CN(C(=O)[C@H]1[C@H]2CC(F)(F)CN2[C@]2(C(=O)Nc3c(Cl)cc(Cl)cc32)[C@H]1C(=O)O)c1ccccc1C(F)(F)F. The van der Waals surface area contributed by atoms with E-state index in [0.717, 1.165) is 30.1 Å². The highest BCUT2D eigenvalue weighted by Gasteiger charge is 2.74. The van der Waals surface area contributed by atoms with Crippen molar-refractivity contribution in [3.8, 4) is 0 Å². The number of carboxylic acid groups (broad SMARTS) is 1. The number of nitrogens with zero attached hydrogens (tertiary/aromatic N) is 2. The Bertz CT molecular complexity index is 1390. The van der Waals surface area contributed by atoms with Gasteiger partial charge in [-0.25, -0.2) is 8.78 Å². The number of para-hydroxylation sites is 1. The average Bonchev–Trinajstić information content (AvgIpc) is 3.38. The van der Waals surface area contributed by atoms with E-state index in [1.54, 1.807) is 0 Å². The number of amides is 2. The number of carboxylic acids is 1. The molecular formula is C24H18Cl2F5N3O4. The third-order valence-corrected chi connectivity index (χ3v) is 8.01. The first-order valence-electron chi connectivity index (χ1n) is 11.2. The van der Waals surface area contributed by atoms with Crippen LogP contribution in [-0.2, 0) is 26.1 Å². The fraction of sp³-hybridized carbons (Fsp3) is 0.375. The van der Waals surface area contributed by atoms with E-state index in [9.17, 15) is 41.4 Å². The Balaban J connectivity index is 1.71. The van der Waals surface area contributed by atoms with Crippen LogP contribution in [0.2, 0.25) is 10.0 Å². The molecule has 3 aliphatic rings. The van der Waals surface area contributed by atoms with Crippen molar-refractivity contribution in [2.75, 3.05) is 23.8 Å². The normalized spacial score (nSPS) is 27.8. The van der Waals surface area contributed by atoms with Gasteiger partial charge < -0.3 is 15.3 Å². The van der Waals surface area contributed by atoms with E-state index in [2.05, 4.69) is 5.32 Å². The highest BCUT2D eigenvalue weighted by atomic mass is 35.5. The Kier molecular flexibility index (Phi) is 5.97. The van der Waals surface area contributed by atoms with Crippen LogP contribution in [0.3, 0.4) is 0 Å². The summed E-state index contributed by atoms with van der Waals surface area (Å²) in [6.07, 6.45) is -5.85. The fourth-order valence-corrected chi connectivity index (χ4v) is 6.67. The standard InChI is InChI=1S/C24H18Cl2F5N3O4/c1-33(14-5-3-2-4-11(14)24(29,30)31)19(35)16-15-8-22(27,28)9-34(15)23(17(16)20(36)37)12-6-10(25)7-13(26)18(12)32-21(23)38/h2-7,15-17H,8-9H2,1H3,(H,32,38)(H,36,37)/t15-,16+,17-,23+/m1/s1. The highest BCUT2D eigenvalue weighted by Crippen LogP contribution is 2.61. The molecule has 202 valence electrons. The smallest absolute Gasteiger partial charge is 0.418 e. The van der Waals surface area contributed by atoms with Gasteiger partial charge in [-0.15, -0.1) is 0 Å². The van der Waals surface area contributed by atoms with Crippen molar-refractivity contribution in [3.63, 3.8) is 0 Å². The molecule has 3 heterocycles. The van der Waals surface area contributed by atoms with Crippen molar-refractivity contribution in [2.45, 2.75) is 30.1 Å². The Morgan fingerprint density at radius 3 is 2.47 bits per heavy atom. The quantitative estimate of drug-likeness (QED) is 0.508. The van der Waals surface area contributed by atoms with Gasteiger partial charge in [-0.2, -0.15) is 13.2 Å². The third kappa shape index (κ3) is 3.68. The second-order valence-corrected chi connectivity index (χ2v) is 10.4. The zero-order valence-electron chi connectivity index (χ0n) is 19.3. The van der Waals surface area contributed by atoms with Crippen LogP contribution < -0.4 is 10.2 Å². The molecule has 0 aromatic heterocycles. The number of alkyl halides is 5. The third-order valence-electron chi connectivity index (χ3n) is 7.49. The number of aliphatic carboxylic acids is 1. The molecule has 14 heteroatoms. The lowest BCUT2D eigenvalue weighted by molar-refractivity contribution is -0.153. The van der Waals surface area contributed by atoms with Gasteiger partial charge in [0.15, 0.2) is 0 Å². The van der Waals surface area contributed by atoms with Crippen molar-refractivity contribution in [3.05, 3.63) is 57.6 Å². The average molecular weight is 578 g/mol. The second kappa shape index (κ2) is 8.52. The van der Waals surface area contributed by atoms with Gasteiger partial charge in [0.2, 0.25) is 5.91 Å². The first-order valence-corrected chi connectivity index (χ1v) is 12.0. The maximum atomic E-state index is 14.8. The lowest BCUT2D eigenvalue weighted by Gasteiger charge is -2.36. The molecule has 0 aliphatic carbocycles. The van der Waals surface area contributed by atoms with Gasteiger partial charge in [-0.1, -0.05) is 35.3 Å². The molecule has 2 fully saturated rings. The summed E-state index contributed by atoms with van der Waals surface area (Å²) in [6, 6.07) is 5.12. The van der Waals surface area contributed by atoms with Gasteiger partial charge >= 0.3 is 12.1 Å². The summed E-state index contributed by atoms with van der Waals surface area (Å²) >= 11 is 12.4. The molecular weight excluding hydrogens is 560 g/mol. The zero-order valence-corrected chi connectivity index (χ0v) is 20.8. The van der Waals surface area contributed by atoms with Gasteiger partial charge in [0, 0.05) is 30.1 Å². The number of anilines is 2. The molecule has 0 bridgehead atoms. The molecule has 2 N–H and O–H groups in total. The molecule has 0 unspecified atom stereocenters. The minimum absolute atomic E-state index is 0.0118. The number of hydrogen-bond donors (Lipinski definition) is 2. The number of halogens is 7. The van der Waals surface area contributed by atoms with Crippen molar-refractivity contribution < 1.29 is 41.4 Å². The van der Waals surface area contributed by atoms with Crippen LogP contribution in [-0.4, -0.2) is 53.3 Å². The van der Waals surface area contributed by atoms with Crippen molar-refractivity contribution in [2.24, 2.45) is 11.8 Å². The van der Waals surface area contributed by atoms with Crippen LogP contribution in [0.1, 0.15) is 17.5 Å². The number of carbonyl (C=O) groups excluding carboxylic acids is 2. The van der Waals surface area contributed by atoms with E-state index in [4.69, 9.17) is 23.2 Å². The lowest BCUT2D eigenvalue weighted by Crippen LogP contribution is -2.54. The van der Waals surface area contributed by atoms with E-state index in [1.165, 1.54) is 18.2 Å². The maximum Gasteiger partial charge on any atom is 0.418 e. The Labute approximate surface area is 222 Å². The van der Waals surface area contributed by atoms with Gasteiger partial charge in [0.05, 0.1) is 34.4 Å². The topological polar surface area (TPSA) is 90.0 Å². The molecule has 2 aromatic carbocycles. The Hall–Kier alpha value is -2.96. The predicted octanol–water partition coefficient (Wildman–Crippen LogP) is 4.86. The fourth-order valence-electron chi connectivity index (χ4n) is 6.13. The molecule has 0 radical (unpaired) electrons. The van der Waals surface area contributed by atoms with Crippen LogP contribution in [0.15, 0.2) is 36.4 Å². The number of nitrogens with one attached hydrogen (secondary N) is 1. The van der Waals surface area contributed by atoms with E-state index >= 15 is 0 Å². The van der Waals surface area contributed by atoms with Crippen LogP contribution in [0.5, 0.6) is 0 Å². The summed E-state index contributed by atoms with van der Waals surface area (Å²) in [5.74, 6) is -11.0. The Morgan fingerprint density at radius 1 is 1.18 bits per heavy atom. The van der Waals surface area contributed by atoms with Crippen molar-refractivity contribution >= 4 is 52.4 Å². The highest BCUT2D eigenvalue weighted by molar-refractivity contribution is 6.38. The molecule has 2 amide bonds. The number of fused-ring (bicyclic) bond motifs is 4. The molecule has 2 saturated heterocycles. The molecule has 7 nitrogen and oxygen atoms in total. The minimum Gasteiger partial charge on any atom is -0.481 e. The van der Waals surface area contributed by atoms with E-state index in [1.807, 2.05) is 0 Å². The van der Waals surface area contributed by atoms with Crippen LogP contribution in [0.25, 0.3) is 0 Å². The summed E-state index contributed by atoms with van der Waals surface area (Å²) in [7, 11) is 1.00. The van der Waals surface area contributed by atoms with Gasteiger partial charge in [0.1, 0.15) is 11.5 Å². The molecule has 0 saturated carbocycles. The first-order chi connectivity index (χ1) is 17.6.